The number of halogens is 3. The first-order chi connectivity index (χ1) is 18.6. The van der Waals surface area contributed by atoms with Crippen LogP contribution in [0.3, 0.4) is 0 Å². The molecule has 1 fully saturated rings. The molecule has 39 heavy (non-hydrogen) atoms. The number of carbonyl (C=O) groups is 2. The lowest BCUT2D eigenvalue weighted by Gasteiger charge is -2.40. The zero-order chi connectivity index (χ0) is 28.2. The number of aromatic amines is 1. The second kappa shape index (κ2) is 12.2. The Morgan fingerprint density at radius 1 is 1.10 bits per heavy atom. The zero-order valence-electron chi connectivity index (χ0n) is 22.0. The number of aryl methyl sites for hydroxylation is 1. The molecule has 1 N–H and O–H groups in total. The van der Waals surface area contributed by atoms with Crippen molar-refractivity contribution in [2.45, 2.75) is 44.6 Å². The summed E-state index contributed by atoms with van der Waals surface area (Å²) in [5.74, 6) is -3.12. The number of alkyl halides is 3. The zero-order valence-corrected chi connectivity index (χ0v) is 22.0. The molecule has 0 unspecified atom stereocenters. The number of likely N-dealkylation sites (tertiary alicyclic amines) is 1. The van der Waals surface area contributed by atoms with Gasteiger partial charge in [-0.25, -0.2) is 9.59 Å². The Bertz CT molecular complexity index is 1310. The van der Waals surface area contributed by atoms with Crippen LogP contribution in [0.4, 0.5) is 13.2 Å². The van der Waals surface area contributed by atoms with Gasteiger partial charge in [-0.15, -0.1) is 0 Å². The number of methoxy groups -OCH3 is 2. The monoisotopic (exact) mass is 548 g/mol. The number of H-pyrrole nitrogens is 1. The van der Waals surface area contributed by atoms with E-state index in [0.717, 1.165) is 46.3 Å². The van der Waals surface area contributed by atoms with Crippen molar-refractivity contribution in [2.75, 3.05) is 34.0 Å². The van der Waals surface area contributed by atoms with E-state index in [1.54, 1.807) is 26.4 Å². The summed E-state index contributed by atoms with van der Waals surface area (Å²) in [7, 11) is 3.26. The minimum Gasteiger partial charge on any atom is -0.496 e. The Morgan fingerprint density at radius 3 is 2.51 bits per heavy atom. The van der Waals surface area contributed by atoms with E-state index in [2.05, 4.69) is 14.6 Å². The maximum atomic E-state index is 12.5. The number of nitrogens with zero attached hydrogens (tertiary/aromatic N) is 1. The predicted molar refractivity (Wildman–Crippen MR) is 137 cm³/mol. The van der Waals surface area contributed by atoms with Crippen LogP contribution in [0.1, 0.15) is 45.9 Å². The molecule has 0 bridgehead atoms. The van der Waals surface area contributed by atoms with Crippen LogP contribution in [0.2, 0.25) is 0 Å². The van der Waals surface area contributed by atoms with E-state index < -0.39 is 18.1 Å². The van der Waals surface area contributed by atoms with Gasteiger partial charge in [-0.1, -0.05) is 12.1 Å². The molecule has 2 aromatic carbocycles. The molecule has 1 aliphatic rings. The van der Waals surface area contributed by atoms with Gasteiger partial charge in [-0.05, 0) is 55.2 Å². The van der Waals surface area contributed by atoms with Crippen molar-refractivity contribution in [3.63, 3.8) is 0 Å². The molecule has 0 radical (unpaired) electrons. The molecular weight excluding hydrogens is 517 g/mol. The first-order valence-electron chi connectivity index (χ1n) is 12.5. The molecule has 3 aromatic rings. The molecule has 0 aliphatic carbocycles. The van der Waals surface area contributed by atoms with Crippen molar-refractivity contribution in [2.24, 2.45) is 0 Å². The van der Waals surface area contributed by atoms with Gasteiger partial charge < -0.3 is 23.9 Å². The van der Waals surface area contributed by atoms with E-state index in [1.807, 2.05) is 25.3 Å². The summed E-state index contributed by atoms with van der Waals surface area (Å²) in [6, 6.07) is 9.99. The summed E-state index contributed by atoms with van der Waals surface area (Å²) >= 11 is 0. The van der Waals surface area contributed by atoms with E-state index in [9.17, 15) is 22.8 Å². The van der Waals surface area contributed by atoms with Crippen molar-refractivity contribution >= 4 is 22.8 Å². The number of carbonyl (C=O) groups excluding carboxylic acids is 2. The summed E-state index contributed by atoms with van der Waals surface area (Å²) in [5, 5.41) is 1.07. The third-order valence-corrected chi connectivity index (χ3v) is 6.95. The molecule has 2 atom stereocenters. The Labute approximate surface area is 224 Å². The number of piperidine rings is 1. The standard InChI is InChI=1S/C28H31F3N2O6/c1-17-14-24(37-3)22(21-8-10-32-25(17)21)16-33-11-9-20(38-13-12-36-2)15-23(33)18-4-6-19(7-5-18)26(34)39-27(35)28(29,30)31/h4-8,10,14,20,23,32H,9,11-13,15-16H2,1-3H3/t20-,23-/m0/s1. The van der Waals surface area contributed by atoms with Gasteiger partial charge in [0.15, 0.2) is 0 Å². The van der Waals surface area contributed by atoms with Gasteiger partial charge in [-0.2, -0.15) is 13.2 Å². The Balaban J connectivity index is 1.60. The quantitative estimate of drug-likeness (QED) is 0.226. The van der Waals surface area contributed by atoms with Crippen LogP contribution >= 0.6 is 0 Å². The molecular formula is C28H31F3N2O6. The molecule has 0 saturated carbocycles. The van der Waals surface area contributed by atoms with Crippen LogP contribution in [-0.4, -0.2) is 68.1 Å². The molecule has 2 heterocycles. The number of nitrogens with one attached hydrogen (secondary N) is 1. The van der Waals surface area contributed by atoms with Gasteiger partial charge in [0.25, 0.3) is 0 Å². The van der Waals surface area contributed by atoms with E-state index in [1.165, 1.54) is 12.1 Å². The maximum Gasteiger partial charge on any atom is 0.491 e. The number of fused-ring (bicyclic) bond motifs is 1. The van der Waals surface area contributed by atoms with Crippen LogP contribution in [-0.2, 0) is 25.5 Å². The fourth-order valence-electron chi connectivity index (χ4n) is 4.99. The smallest absolute Gasteiger partial charge is 0.491 e. The van der Waals surface area contributed by atoms with Crippen LogP contribution in [0, 0.1) is 6.92 Å². The van der Waals surface area contributed by atoms with Crippen molar-refractivity contribution in [3.05, 3.63) is 64.8 Å². The molecule has 8 nitrogen and oxygen atoms in total. The minimum absolute atomic E-state index is 0.0253. The predicted octanol–water partition coefficient (Wildman–Crippen LogP) is 5.10. The largest absolute Gasteiger partial charge is 0.496 e. The molecule has 11 heteroatoms. The Morgan fingerprint density at radius 2 is 1.85 bits per heavy atom. The van der Waals surface area contributed by atoms with Gasteiger partial charge in [0.1, 0.15) is 5.75 Å². The third kappa shape index (κ3) is 6.60. The van der Waals surface area contributed by atoms with Crippen molar-refractivity contribution < 1.29 is 41.7 Å². The number of ether oxygens (including phenoxy) is 4. The molecule has 1 saturated heterocycles. The third-order valence-electron chi connectivity index (χ3n) is 6.95. The Kier molecular flexibility index (Phi) is 8.94. The molecule has 0 amide bonds. The highest BCUT2D eigenvalue weighted by Crippen LogP contribution is 2.38. The van der Waals surface area contributed by atoms with Gasteiger partial charge in [0.2, 0.25) is 0 Å². The van der Waals surface area contributed by atoms with Gasteiger partial charge in [0, 0.05) is 48.9 Å². The van der Waals surface area contributed by atoms with E-state index in [4.69, 9.17) is 14.2 Å². The van der Waals surface area contributed by atoms with Gasteiger partial charge in [-0.3, -0.25) is 4.90 Å². The van der Waals surface area contributed by atoms with E-state index >= 15 is 0 Å². The highest BCUT2D eigenvalue weighted by molar-refractivity contribution is 5.98. The van der Waals surface area contributed by atoms with Crippen LogP contribution in [0.5, 0.6) is 5.75 Å². The fraction of sp³-hybridized carbons (Fsp3) is 0.429. The second-order valence-corrected chi connectivity index (χ2v) is 9.43. The summed E-state index contributed by atoms with van der Waals surface area (Å²) in [4.78, 5) is 28.7. The number of benzene rings is 2. The van der Waals surface area contributed by atoms with Crippen molar-refractivity contribution in [1.82, 2.24) is 9.88 Å². The van der Waals surface area contributed by atoms with Crippen LogP contribution in [0.25, 0.3) is 10.9 Å². The van der Waals surface area contributed by atoms with Crippen molar-refractivity contribution in [3.8, 4) is 5.75 Å². The van der Waals surface area contributed by atoms with Gasteiger partial charge >= 0.3 is 18.1 Å². The van der Waals surface area contributed by atoms with Crippen molar-refractivity contribution in [1.29, 1.82) is 0 Å². The van der Waals surface area contributed by atoms with E-state index in [0.29, 0.717) is 26.2 Å². The number of hydrogen-bond donors (Lipinski definition) is 1. The molecule has 0 spiro atoms. The second-order valence-electron chi connectivity index (χ2n) is 9.43. The summed E-state index contributed by atoms with van der Waals surface area (Å²) < 4.78 is 58.3. The maximum absolute atomic E-state index is 12.5. The molecule has 1 aliphatic heterocycles. The number of hydrogen-bond acceptors (Lipinski definition) is 7. The SMILES string of the molecule is COCCO[C@H]1CCN(Cc2c(OC)cc(C)c3[nH]ccc23)[C@H](c2ccc(C(=O)OC(=O)C(F)(F)F)cc2)C1. The number of aromatic nitrogens is 1. The lowest BCUT2D eigenvalue weighted by molar-refractivity contribution is -0.193. The van der Waals surface area contributed by atoms with Crippen LogP contribution in [0.15, 0.2) is 42.6 Å². The summed E-state index contributed by atoms with van der Waals surface area (Å²) in [6.45, 7) is 4.25. The lowest BCUT2D eigenvalue weighted by Crippen LogP contribution is -2.39. The van der Waals surface area contributed by atoms with Crippen LogP contribution < -0.4 is 4.74 Å². The van der Waals surface area contributed by atoms with Gasteiger partial charge in [0.05, 0.1) is 32.0 Å². The highest BCUT2D eigenvalue weighted by atomic mass is 19.4. The number of esters is 2. The average Bonchev–Trinajstić information content (AvgIpc) is 3.41. The first kappa shape index (κ1) is 28.6. The number of rotatable bonds is 9. The van der Waals surface area contributed by atoms with E-state index in [-0.39, 0.29) is 17.7 Å². The molecule has 210 valence electrons. The summed E-state index contributed by atoms with van der Waals surface area (Å²) in [6.07, 6.45) is -1.92. The minimum atomic E-state index is -5.25. The molecule has 4 rings (SSSR count). The normalized spacial score (nSPS) is 18.3. The molecule has 1 aromatic heterocycles. The highest BCUT2D eigenvalue weighted by Gasteiger charge is 2.42. The summed E-state index contributed by atoms with van der Waals surface area (Å²) in [5.41, 5.74) is 3.85. The average molecular weight is 549 g/mol. The fourth-order valence-corrected chi connectivity index (χ4v) is 4.99. The lowest BCUT2D eigenvalue weighted by atomic mass is 9.91. The topological polar surface area (TPSA) is 90.1 Å². The first-order valence-corrected chi connectivity index (χ1v) is 12.5. The Hall–Kier alpha value is -3.41.